The van der Waals surface area contributed by atoms with Gasteiger partial charge in [0.15, 0.2) is 0 Å². The fraction of sp³-hybridized carbons (Fsp3) is 1.00. The highest BCUT2D eigenvalue weighted by atomic mass is 127. The molecule has 2 saturated heterocycles. The largest absolute Gasteiger partial charge is 1.00 e. The number of hydrogen-bond acceptors (Lipinski definition) is 4. The van der Waals surface area contributed by atoms with E-state index in [1.165, 1.54) is 61.1 Å². The fourth-order valence-corrected chi connectivity index (χ4v) is 7.86. The summed E-state index contributed by atoms with van der Waals surface area (Å²) in [7, 11) is 2.42. The van der Waals surface area contributed by atoms with E-state index in [-0.39, 0.29) is 24.0 Å². The zero-order valence-corrected chi connectivity index (χ0v) is 18.0. The van der Waals surface area contributed by atoms with Crippen LogP contribution in [0.15, 0.2) is 0 Å². The van der Waals surface area contributed by atoms with Gasteiger partial charge in [0.05, 0.1) is 39.4 Å². The van der Waals surface area contributed by atoms with Gasteiger partial charge in [-0.25, -0.2) is 4.57 Å². The molecule has 0 saturated carbocycles. The first-order valence-electron chi connectivity index (χ1n) is 8.41. The van der Waals surface area contributed by atoms with Gasteiger partial charge in [0.25, 0.3) is 0 Å². The van der Waals surface area contributed by atoms with Crippen LogP contribution in [-0.4, -0.2) is 49.6 Å². The number of nitrogens with zero attached hydrogens (tertiary/aromatic N) is 1. The molecule has 7 heteroatoms. The molecule has 0 bridgehead atoms. The molecule has 0 N–H and O–H groups in total. The Hall–Kier alpha value is 1.19. The predicted molar refractivity (Wildman–Crippen MR) is 89.6 cm³/mol. The number of hydrogen-bond donors (Lipinski definition) is 0. The first kappa shape index (κ1) is 21.2. The van der Waals surface area contributed by atoms with Gasteiger partial charge in [-0.2, -0.15) is 0 Å². The van der Waals surface area contributed by atoms with Crippen molar-refractivity contribution in [1.29, 1.82) is 0 Å². The standard InChI is InChI=1S/C15H31NO3PS.HI/c1-4-18-20(17,19-5-2)21-13-14-9-8-12-16(3)11-7-6-10-15(14)16;/h14-15H,4-13H2,1-3H3;1H/q+1;/p-1. The second kappa shape index (κ2) is 9.62. The molecule has 4 nitrogen and oxygen atoms in total. The minimum absolute atomic E-state index is 0. The number of fused-ring (bicyclic) bond motifs is 1. The van der Waals surface area contributed by atoms with Crippen molar-refractivity contribution in [2.45, 2.75) is 52.0 Å². The Morgan fingerprint density at radius 1 is 1.09 bits per heavy atom. The molecule has 0 aromatic carbocycles. The Balaban J connectivity index is 0.00000242. The van der Waals surface area contributed by atoms with Crippen LogP contribution in [0.4, 0.5) is 0 Å². The summed E-state index contributed by atoms with van der Waals surface area (Å²) in [5.41, 5.74) is 0. The number of rotatable bonds is 7. The quantitative estimate of drug-likeness (QED) is 0.324. The Kier molecular flexibility index (Phi) is 9.28. The smallest absolute Gasteiger partial charge is 0.389 e. The van der Waals surface area contributed by atoms with Gasteiger partial charge in [-0.1, -0.05) is 0 Å². The molecule has 3 unspecified atom stereocenters. The second-order valence-corrected chi connectivity index (χ2v) is 10.6. The minimum Gasteiger partial charge on any atom is -1.00 e. The number of halogens is 1. The molecular weight excluding hydrogens is 432 g/mol. The molecule has 0 amide bonds. The molecule has 22 heavy (non-hydrogen) atoms. The third-order valence-corrected chi connectivity index (χ3v) is 9.10. The molecule has 0 aliphatic carbocycles. The van der Waals surface area contributed by atoms with Crippen LogP contribution in [0.5, 0.6) is 0 Å². The van der Waals surface area contributed by atoms with Gasteiger partial charge in [-0.05, 0) is 57.3 Å². The molecule has 2 rings (SSSR count). The van der Waals surface area contributed by atoms with Crippen LogP contribution in [0.25, 0.3) is 0 Å². The van der Waals surface area contributed by atoms with Crippen LogP contribution < -0.4 is 24.0 Å². The molecule has 0 aromatic heterocycles. The second-order valence-electron chi connectivity index (χ2n) is 6.47. The van der Waals surface area contributed by atoms with Gasteiger partial charge in [0, 0.05) is 11.7 Å². The Morgan fingerprint density at radius 2 is 1.73 bits per heavy atom. The van der Waals surface area contributed by atoms with Gasteiger partial charge >= 0.3 is 6.80 Å². The zero-order chi connectivity index (χ0) is 15.3. The summed E-state index contributed by atoms with van der Waals surface area (Å²) in [6.45, 7) is 4.35. The van der Waals surface area contributed by atoms with Crippen molar-refractivity contribution in [3.05, 3.63) is 0 Å². The lowest BCUT2D eigenvalue weighted by Crippen LogP contribution is -3.00. The van der Waals surface area contributed by atoms with E-state index in [0.29, 0.717) is 19.1 Å². The molecule has 2 fully saturated rings. The monoisotopic (exact) mass is 463 g/mol. The first-order valence-corrected chi connectivity index (χ1v) is 11.5. The van der Waals surface area contributed by atoms with Crippen molar-refractivity contribution in [2.75, 3.05) is 39.1 Å². The maximum absolute atomic E-state index is 12.6. The molecule has 0 radical (unpaired) electrons. The molecule has 0 aromatic rings. The SMILES string of the molecule is CCOP(=O)(OCC)SCC1CCC[N+]2(C)CCCCC12.[I-]. The van der Waals surface area contributed by atoms with Crippen LogP contribution in [-0.2, 0) is 13.6 Å². The van der Waals surface area contributed by atoms with E-state index in [4.69, 9.17) is 9.05 Å². The van der Waals surface area contributed by atoms with Crippen molar-refractivity contribution < 1.29 is 42.1 Å². The van der Waals surface area contributed by atoms with Crippen LogP contribution in [0.3, 0.4) is 0 Å². The van der Waals surface area contributed by atoms with Crippen molar-refractivity contribution >= 4 is 18.2 Å². The molecular formula is C15H31INO3PS. The first-order chi connectivity index (χ1) is 10.0. The highest BCUT2D eigenvalue weighted by molar-refractivity contribution is 8.55. The maximum atomic E-state index is 12.6. The van der Waals surface area contributed by atoms with Crippen LogP contribution in [0.1, 0.15) is 46.0 Å². The summed E-state index contributed by atoms with van der Waals surface area (Å²) in [5, 5.41) is 0. The van der Waals surface area contributed by atoms with Crippen molar-refractivity contribution in [2.24, 2.45) is 5.92 Å². The lowest BCUT2D eigenvalue weighted by molar-refractivity contribution is -0.946. The van der Waals surface area contributed by atoms with Gasteiger partial charge < -0.3 is 37.5 Å². The third-order valence-electron chi connectivity index (χ3n) is 5.03. The summed E-state index contributed by atoms with van der Waals surface area (Å²) in [5.74, 6) is 1.57. The molecule has 2 aliphatic heterocycles. The Labute approximate surface area is 157 Å². The average molecular weight is 463 g/mol. The number of piperidine rings is 2. The molecule has 0 spiro atoms. The van der Waals surface area contributed by atoms with E-state index in [2.05, 4.69) is 7.05 Å². The summed E-state index contributed by atoms with van der Waals surface area (Å²) in [4.78, 5) is 0. The minimum atomic E-state index is -2.95. The summed E-state index contributed by atoms with van der Waals surface area (Å²) < 4.78 is 24.7. The van der Waals surface area contributed by atoms with E-state index in [0.717, 1.165) is 11.8 Å². The molecule has 2 aliphatic rings. The highest BCUT2D eigenvalue weighted by Crippen LogP contribution is 2.61. The van der Waals surface area contributed by atoms with Gasteiger partial charge in [0.2, 0.25) is 0 Å². The summed E-state index contributed by atoms with van der Waals surface area (Å²) in [6.07, 6.45) is 6.61. The lowest BCUT2D eigenvalue weighted by Gasteiger charge is -2.51. The normalized spacial score (nSPS) is 32.1. The van der Waals surface area contributed by atoms with E-state index in [1.807, 2.05) is 13.8 Å². The summed E-state index contributed by atoms with van der Waals surface area (Å²) >= 11 is 1.44. The summed E-state index contributed by atoms with van der Waals surface area (Å²) in [6, 6.07) is 0.747. The van der Waals surface area contributed by atoms with Crippen LogP contribution in [0, 0.1) is 5.92 Å². The van der Waals surface area contributed by atoms with Crippen molar-refractivity contribution in [3.63, 3.8) is 0 Å². The number of quaternary nitrogens is 1. The van der Waals surface area contributed by atoms with E-state index < -0.39 is 6.80 Å². The fourth-order valence-electron chi connectivity index (χ4n) is 4.04. The van der Waals surface area contributed by atoms with Crippen LogP contribution >= 0.6 is 18.2 Å². The molecule has 3 atom stereocenters. The Morgan fingerprint density at radius 3 is 2.36 bits per heavy atom. The molecule has 132 valence electrons. The van der Waals surface area contributed by atoms with Crippen molar-refractivity contribution in [1.82, 2.24) is 0 Å². The van der Waals surface area contributed by atoms with Gasteiger partial charge in [0.1, 0.15) is 0 Å². The average Bonchev–Trinajstić information content (AvgIpc) is 2.45. The van der Waals surface area contributed by atoms with E-state index in [1.54, 1.807) is 0 Å². The topological polar surface area (TPSA) is 35.5 Å². The van der Waals surface area contributed by atoms with Crippen LogP contribution in [0.2, 0.25) is 0 Å². The predicted octanol–water partition coefficient (Wildman–Crippen LogP) is 1.31. The van der Waals surface area contributed by atoms with Crippen molar-refractivity contribution in [3.8, 4) is 0 Å². The maximum Gasteiger partial charge on any atom is 0.389 e. The van der Waals surface area contributed by atoms with E-state index in [9.17, 15) is 4.57 Å². The van der Waals surface area contributed by atoms with E-state index >= 15 is 0 Å². The zero-order valence-electron chi connectivity index (χ0n) is 14.1. The highest BCUT2D eigenvalue weighted by Gasteiger charge is 2.44. The van der Waals surface area contributed by atoms with Gasteiger partial charge in [-0.3, -0.25) is 0 Å². The lowest BCUT2D eigenvalue weighted by atomic mass is 9.82. The third kappa shape index (κ3) is 5.35. The van der Waals surface area contributed by atoms with Gasteiger partial charge in [-0.15, -0.1) is 0 Å². The molecule has 2 heterocycles. The Bertz CT molecular complexity index is 374.